The average molecular weight is 267 g/mol. The van der Waals surface area contributed by atoms with Gasteiger partial charge in [0, 0.05) is 23.2 Å². The van der Waals surface area contributed by atoms with E-state index in [9.17, 15) is 4.39 Å². The zero-order valence-electron chi connectivity index (χ0n) is 10.5. The monoisotopic (exact) mass is 267 g/mol. The summed E-state index contributed by atoms with van der Waals surface area (Å²) >= 11 is 0. The van der Waals surface area contributed by atoms with Crippen LogP contribution < -0.4 is 9.47 Å². The van der Waals surface area contributed by atoms with Crippen molar-refractivity contribution < 1.29 is 13.9 Å². The third-order valence-corrected chi connectivity index (χ3v) is 3.35. The van der Waals surface area contributed by atoms with Gasteiger partial charge in [-0.1, -0.05) is 6.07 Å². The molecule has 0 atom stereocenters. The SMILES string of the molecule is Fc1ccc2cc(-c3ccc4c(c3)OCO4)cnc2c1. The topological polar surface area (TPSA) is 31.4 Å². The Bertz CT molecular complexity index is 817. The standard InChI is InChI=1S/C16H10FNO2/c17-13-3-1-11-5-12(8-18-14(11)7-13)10-2-4-15-16(6-10)20-9-19-15/h1-8H,9H2. The van der Waals surface area contributed by atoms with Crippen molar-refractivity contribution in [3.8, 4) is 22.6 Å². The lowest BCUT2D eigenvalue weighted by molar-refractivity contribution is 0.174. The molecule has 3 aromatic rings. The first-order chi connectivity index (χ1) is 9.79. The minimum atomic E-state index is -0.277. The maximum atomic E-state index is 13.1. The number of hydrogen-bond donors (Lipinski definition) is 0. The molecular weight excluding hydrogens is 257 g/mol. The molecule has 0 saturated carbocycles. The van der Waals surface area contributed by atoms with Gasteiger partial charge in [0.15, 0.2) is 11.5 Å². The molecule has 0 unspecified atom stereocenters. The lowest BCUT2D eigenvalue weighted by atomic mass is 10.0. The summed E-state index contributed by atoms with van der Waals surface area (Å²) < 4.78 is 23.8. The van der Waals surface area contributed by atoms with E-state index in [0.29, 0.717) is 5.52 Å². The van der Waals surface area contributed by atoms with E-state index in [4.69, 9.17) is 9.47 Å². The number of rotatable bonds is 1. The van der Waals surface area contributed by atoms with E-state index < -0.39 is 0 Å². The molecule has 3 nitrogen and oxygen atoms in total. The molecule has 98 valence electrons. The van der Waals surface area contributed by atoms with Gasteiger partial charge in [0.05, 0.1) is 5.52 Å². The molecule has 1 aliphatic heterocycles. The summed E-state index contributed by atoms with van der Waals surface area (Å²) in [6.45, 7) is 0.258. The predicted octanol–water partition coefficient (Wildman–Crippen LogP) is 3.77. The maximum absolute atomic E-state index is 13.1. The third kappa shape index (κ3) is 1.77. The Kier molecular flexibility index (Phi) is 2.36. The average Bonchev–Trinajstić information content (AvgIpc) is 2.94. The maximum Gasteiger partial charge on any atom is 0.231 e. The second-order valence-corrected chi connectivity index (χ2v) is 4.63. The van der Waals surface area contributed by atoms with Gasteiger partial charge in [-0.2, -0.15) is 0 Å². The van der Waals surface area contributed by atoms with Crippen molar-refractivity contribution in [2.45, 2.75) is 0 Å². The highest BCUT2D eigenvalue weighted by Crippen LogP contribution is 2.36. The van der Waals surface area contributed by atoms with Gasteiger partial charge >= 0.3 is 0 Å². The van der Waals surface area contributed by atoms with Gasteiger partial charge in [0.2, 0.25) is 6.79 Å². The molecule has 0 amide bonds. The number of halogens is 1. The summed E-state index contributed by atoms with van der Waals surface area (Å²) in [5.74, 6) is 1.21. The van der Waals surface area contributed by atoms with Gasteiger partial charge < -0.3 is 9.47 Å². The molecule has 4 rings (SSSR count). The highest BCUT2D eigenvalue weighted by atomic mass is 19.1. The summed E-state index contributed by atoms with van der Waals surface area (Å²) in [6.07, 6.45) is 1.74. The molecule has 0 fully saturated rings. The number of aromatic nitrogens is 1. The van der Waals surface area contributed by atoms with E-state index >= 15 is 0 Å². The molecule has 0 spiro atoms. The van der Waals surface area contributed by atoms with Gasteiger partial charge in [-0.15, -0.1) is 0 Å². The molecule has 0 N–H and O–H groups in total. The molecule has 2 heterocycles. The summed E-state index contributed by atoms with van der Waals surface area (Å²) in [7, 11) is 0. The lowest BCUT2D eigenvalue weighted by Gasteiger charge is -2.05. The summed E-state index contributed by atoms with van der Waals surface area (Å²) in [5.41, 5.74) is 2.60. The molecule has 20 heavy (non-hydrogen) atoms. The molecule has 1 aliphatic rings. The molecule has 0 aliphatic carbocycles. The number of pyridine rings is 1. The van der Waals surface area contributed by atoms with Crippen molar-refractivity contribution in [3.63, 3.8) is 0 Å². The largest absolute Gasteiger partial charge is 0.454 e. The van der Waals surface area contributed by atoms with E-state index in [1.165, 1.54) is 12.1 Å². The minimum absolute atomic E-state index is 0.258. The number of nitrogens with zero attached hydrogens (tertiary/aromatic N) is 1. The van der Waals surface area contributed by atoms with Crippen LogP contribution in [0, 0.1) is 5.82 Å². The second kappa shape index (κ2) is 4.20. The van der Waals surface area contributed by atoms with E-state index in [0.717, 1.165) is 28.0 Å². The van der Waals surface area contributed by atoms with Crippen LogP contribution in [0.1, 0.15) is 0 Å². The Morgan fingerprint density at radius 2 is 1.80 bits per heavy atom. The smallest absolute Gasteiger partial charge is 0.231 e. The van der Waals surface area contributed by atoms with Gasteiger partial charge in [-0.3, -0.25) is 4.98 Å². The van der Waals surface area contributed by atoms with E-state index in [2.05, 4.69) is 4.98 Å². The van der Waals surface area contributed by atoms with Crippen molar-refractivity contribution in [2.24, 2.45) is 0 Å². The molecule has 0 radical (unpaired) electrons. The Balaban J connectivity index is 1.83. The van der Waals surface area contributed by atoms with Crippen LogP contribution in [0.2, 0.25) is 0 Å². The highest BCUT2D eigenvalue weighted by molar-refractivity contribution is 5.83. The fourth-order valence-electron chi connectivity index (χ4n) is 2.33. The summed E-state index contributed by atoms with van der Waals surface area (Å²) in [5, 5.41) is 0.904. The van der Waals surface area contributed by atoms with Crippen LogP contribution in [-0.2, 0) is 0 Å². The molecule has 0 bridgehead atoms. The van der Waals surface area contributed by atoms with E-state index in [-0.39, 0.29) is 12.6 Å². The van der Waals surface area contributed by atoms with E-state index in [1.807, 2.05) is 24.3 Å². The number of fused-ring (bicyclic) bond motifs is 2. The number of benzene rings is 2. The zero-order chi connectivity index (χ0) is 13.5. The lowest BCUT2D eigenvalue weighted by Crippen LogP contribution is -1.92. The Morgan fingerprint density at radius 3 is 2.75 bits per heavy atom. The summed E-state index contributed by atoms with van der Waals surface area (Å²) in [6, 6.07) is 12.3. The molecular formula is C16H10FNO2. The first-order valence-electron chi connectivity index (χ1n) is 6.25. The molecule has 4 heteroatoms. The number of ether oxygens (including phenoxy) is 2. The minimum Gasteiger partial charge on any atom is -0.454 e. The van der Waals surface area contributed by atoms with Crippen LogP contribution >= 0.6 is 0 Å². The van der Waals surface area contributed by atoms with Crippen LogP contribution in [-0.4, -0.2) is 11.8 Å². The van der Waals surface area contributed by atoms with Crippen molar-refractivity contribution in [1.29, 1.82) is 0 Å². The van der Waals surface area contributed by atoms with Gasteiger partial charge in [-0.05, 0) is 35.9 Å². The molecule has 0 saturated heterocycles. The van der Waals surface area contributed by atoms with Crippen LogP contribution in [0.5, 0.6) is 11.5 Å². The first kappa shape index (κ1) is 11.2. The predicted molar refractivity (Wildman–Crippen MR) is 73.3 cm³/mol. The summed E-state index contributed by atoms with van der Waals surface area (Å²) in [4.78, 5) is 4.30. The van der Waals surface area contributed by atoms with Gasteiger partial charge in [0.25, 0.3) is 0 Å². The Labute approximate surface area is 114 Å². The molecule has 1 aromatic heterocycles. The van der Waals surface area contributed by atoms with Crippen molar-refractivity contribution in [2.75, 3.05) is 6.79 Å². The van der Waals surface area contributed by atoms with Crippen LogP contribution in [0.25, 0.3) is 22.0 Å². The quantitative estimate of drug-likeness (QED) is 0.672. The van der Waals surface area contributed by atoms with Crippen LogP contribution in [0.15, 0.2) is 48.7 Å². The van der Waals surface area contributed by atoms with Crippen molar-refractivity contribution in [3.05, 3.63) is 54.5 Å². The van der Waals surface area contributed by atoms with Crippen molar-refractivity contribution in [1.82, 2.24) is 4.98 Å². The highest BCUT2D eigenvalue weighted by Gasteiger charge is 2.14. The third-order valence-electron chi connectivity index (χ3n) is 3.35. The van der Waals surface area contributed by atoms with Crippen LogP contribution in [0.4, 0.5) is 4.39 Å². The first-order valence-corrected chi connectivity index (χ1v) is 6.25. The second-order valence-electron chi connectivity index (χ2n) is 4.63. The van der Waals surface area contributed by atoms with Crippen molar-refractivity contribution >= 4 is 10.9 Å². The van der Waals surface area contributed by atoms with Gasteiger partial charge in [-0.25, -0.2) is 4.39 Å². The van der Waals surface area contributed by atoms with E-state index in [1.54, 1.807) is 12.3 Å². The Hall–Kier alpha value is -2.62. The normalized spacial score (nSPS) is 12.8. The fourth-order valence-corrected chi connectivity index (χ4v) is 2.33. The Morgan fingerprint density at radius 1 is 0.900 bits per heavy atom. The number of hydrogen-bond acceptors (Lipinski definition) is 3. The molecule has 2 aromatic carbocycles. The fraction of sp³-hybridized carbons (Fsp3) is 0.0625. The zero-order valence-corrected chi connectivity index (χ0v) is 10.5. The van der Waals surface area contributed by atoms with Gasteiger partial charge in [0.1, 0.15) is 5.82 Å². The van der Waals surface area contributed by atoms with Crippen LogP contribution in [0.3, 0.4) is 0 Å².